The van der Waals surface area contributed by atoms with Crippen LogP contribution in [0, 0.1) is 19.8 Å². The molecule has 0 saturated carbocycles. The molecule has 1 fully saturated rings. The van der Waals surface area contributed by atoms with Gasteiger partial charge in [0.05, 0.1) is 4.90 Å². The van der Waals surface area contributed by atoms with Gasteiger partial charge in [-0.2, -0.15) is 4.31 Å². The Kier molecular flexibility index (Phi) is 6.08. The number of rotatable bonds is 4. The van der Waals surface area contributed by atoms with Crippen LogP contribution in [0.3, 0.4) is 0 Å². The third-order valence-corrected chi connectivity index (χ3v) is 8.78. The summed E-state index contributed by atoms with van der Waals surface area (Å²) in [5, 5.41) is 0. The molecule has 0 N–H and O–H groups in total. The summed E-state index contributed by atoms with van der Waals surface area (Å²) in [5.74, 6) is -0.0384. The van der Waals surface area contributed by atoms with Crippen LogP contribution in [0.4, 0.5) is 11.4 Å². The van der Waals surface area contributed by atoms with E-state index in [2.05, 4.69) is 50.8 Å². The standard InChI is InChI=1S/C26H35N3O3S/c1-18(2)25(30)29-17-26(5,6)22-16-21(9-10-23(22)29)33(31,32)28-13-11-27(12-14-28)24-15-19(3)7-8-20(24)4/h7-10,15-16,18H,11-14,17H2,1-6H3. The molecule has 178 valence electrons. The van der Waals surface area contributed by atoms with Gasteiger partial charge >= 0.3 is 0 Å². The Bertz CT molecular complexity index is 1180. The number of benzene rings is 2. The number of fused-ring (bicyclic) bond motifs is 1. The van der Waals surface area contributed by atoms with Gasteiger partial charge < -0.3 is 9.80 Å². The maximum absolute atomic E-state index is 13.5. The van der Waals surface area contributed by atoms with Crippen LogP contribution in [0.25, 0.3) is 0 Å². The number of hydrogen-bond acceptors (Lipinski definition) is 4. The Balaban J connectivity index is 1.57. The number of aryl methyl sites for hydroxylation is 2. The highest BCUT2D eigenvalue weighted by atomic mass is 32.2. The summed E-state index contributed by atoms with van der Waals surface area (Å²) in [6.07, 6.45) is 0. The zero-order valence-corrected chi connectivity index (χ0v) is 21.4. The molecule has 2 heterocycles. The van der Waals surface area contributed by atoms with Gasteiger partial charge in [0.1, 0.15) is 0 Å². The molecule has 7 heteroatoms. The quantitative estimate of drug-likeness (QED) is 0.677. The topological polar surface area (TPSA) is 60.9 Å². The summed E-state index contributed by atoms with van der Waals surface area (Å²) >= 11 is 0. The molecule has 0 atom stereocenters. The van der Waals surface area contributed by atoms with E-state index in [9.17, 15) is 13.2 Å². The molecule has 1 amide bonds. The molecule has 0 bridgehead atoms. The van der Waals surface area contributed by atoms with Crippen molar-refractivity contribution in [3.05, 3.63) is 53.1 Å². The minimum atomic E-state index is -3.61. The lowest BCUT2D eigenvalue weighted by molar-refractivity contribution is -0.121. The Hall–Kier alpha value is -2.38. The average molecular weight is 470 g/mol. The molecule has 6 nitrogen and oxygen atoms in total. The summed E-state index contributed by atoms with van der Waals surface area (Å²) in [7, 11) is -3.61. The van der Waals surface area contributed by atoms with Crippen molar-refractivity contribution < 1.29 is 13.2 Å². The van der Waals surface area contributed by atoms with E-state index in [1.807, 2.05) is 19.9 Å². The van der Waals surface area contributed by atoms with E-state index < -0.39 is 10.0 Å². The first-order chi connectivity index (χ1) is 15.4. The first-order valence-electron chi connectivity index (χ1n) is 11.7. The minimum Gasteiger partial charge on any atom is -0.369 e. The minimum absolute atomic E-state index is 0.0694. The predicted octanol–water partition coefficient (Wildman–Crippen LogP) is 4.09. The first-order valence-corrected chi connectivity index (χ1v) is 13.1. The van der Waals surface area contributed by atoms with Crippen LogP contribution in [0.15, 0.2) is 41.3 Å². The zero-order chi connectivity index (χ0) is 24.1. The number of carbonyl (C=O) groups excluding carboxylic acids is 1. The van der Waals surface area contributed by atoms with Gasteiger partial charge in [-0.05, 0) is 54.8 Å². The number of sulfonamides is 1. The molecule has 4 rings (SSSR count). The van der Waals surface area contributed by atoms with E-state index in [1.165, 1.54) is 16.8 Å². The van der Waals surface area contributed by atoms with E-state index in [4.69, 9.17) is 0 Å². The van der Waals surface area contributed by atoms with E-state index in [-0.39, 0.29) is 17.2 Å². The molecule has 2 aromatic carbocycles. The second-order valence-electron chi connectivity index (χ2n) is 10.3. The van der Waals surface area contributed by atoms with Crippen LogP contribution in [-0.4, -0.2) is 51.4 Å². The fourth-order valence-corrected chi connectivity index (χ4v) is 6.35. The van der Waals surface area contributed by atoms with E-state index in [1.54, 1.807) is 21.3 Å². The van der Waals surface area contributed by atoms with Gasteiger partial charge in [0.15, 0.2) is 0 Å². The Labute approximate surface area is 198 Å². The van der Waals surface area contributed by atoms with Crippen molar-refractivity contribution in [2.45, 2.75) is 51.9 Å². The van der Waals surface area contributed by atoms with Crippen molar-refractivity contribution in [3.8, 4) is 0 Å². The van der Waals surface area contributed by atoms with Crippen LogP contribution < -0.4 is 9.80 Å². The highest BCUT2D eigenvalue weighted by Crippen LogP contribution is 2.42. The highest BCUT2D eigenvalue weighted by molar-refractivity contribution is 7.89. The second-order valence-corrected chi connectivity index (χ2v) is 12.3. The lowest BCUT2D eigenvalue weighted by Gasteiger charge is -2.36. The lowest BCUT2D eigenvalue weighted by atomic mass is 9.87. The molecule has 2 aliphatic heterocycles. The molecule has 0 spiro atoms. The monoisotopic (exact) mass is 469 g/mol. The Morgan fingerprint density at radius 3 is 2.24 bits per heavy atom. The summed E-state index contributed by atoms with van der Waals surface area (Å²) in [6, 6.07) is 11.6. The first kappa shape index (κ1) is 23.8. The van der Waals surface area contributed by atoms with Gasteiger partial charge in [-0.25, -0.2) is 8.42 Å². The summed E-state index contributed by atoms with van der Waals surface area (Å²) in [6.45, 7) is 14.9. The molecular weight excluding hydrogens is 434 g/mol. The van der Waals surface area contributed by atoms with Crippen molar-refractivity contribution in [2.75, 3.05) is 42.5 Å². The number of hydrogen-bond donors (Lipinski definition) is 0. The number of piperazine rings is 1. The zero-order valence-electron chi connectivity index (χ0n) is 20.6. The van der Waals surface area contributed by atoms with Crippen molar-refractivity contribution in [1.82, 2.24) is 4.31 Å². The molecule has 2 aromatic rings. The molecule has 0 aromatic heterocycles. The molecule has 0 aliphatic carbocycles. The Morgan fingerprint density at radius 1 is 0.939 bits per heavy atom. The molecule has 33 heavy (non-hydrogen) atoms. The van der Waals surface area contributed by atoms with Gasteiger partial charge in [-0.1, -0.05) is 39.8 Å². The van der Waals surface area contributed by atoms with Gasteiger partial charge in [0.2, 0.25) is 15.9 Å². The number of nitrogens with zero attached hydrogens (tertiary/aromatic N) is 3. The molecule has 2 aliphatic rings. The van der Waals surface area contributed by atoms with E-state index in [0.717, 1.165) is 11.3 Å². The molecule has 1 saturated heterocycles. The predicted molar refractivity (Wildman–Crippen MR) is 134 cm³/mol. The van der Waals surface area contributed by atoms with Crippen LogP contribution in [-0.2, 0) is 20.2 Å². The normalized spacial score (nSPS) is 18.6. The third-order valence-electron chi connectivity index (χ3n) is 6.88. The average Bonchev–Trinajstić information content (AvgIpc) is 3.05. The largest absolute Gasteiger partial charge is 0.369 e. The lowest BCUT2D eigenvalue weighted by Crippen LogP contribution is -2.48. The van der Waals surface area contributed by atoms with E-state index in [0.29, 0.717) is 37.6 Å². The van der Waals surface area contributed by atoms with E-state index >= 15 is 0 Å². The van der Waals surface area contributed by atoms with Gasteiger partial charge in [-0.3, -0.25) is 4.79 Å². The third kappa shape index (κ3) is 4.28. The smallest absolute Gasteiger partial charge is 0.243 e. The van der Waals surface area contributed by atoms with Crippen molar-refractivity contribution in [1.29, 1.82) is 0 Å². The van der Waals surface area contributed by atoms with Gasteiger partial charge in [0, 0.05) is 55.4 Å². The molecule has 0 unspecified atom stereocenters. The maximum atomic E-state index is 13.5. The summed E-state index contributed by atoms with van der Waals surface area (Å²) in [5.41, 5.74) is 5.05. The van der Waals surface area contributed by atoms with Gasteiger partial charge in [-0.15, -0.1) is 0 Å². The molecule has 0 radical (unpaired) electrons. The van der Waals surface area contributed by atoms with Gasteiger partial charge in [0.25, 0.3) is 0 Å². The number of carbonyl (C=O) groups is 1. The van der Waals surface area contributed by atoms with Crippen LogP contribution in [0.1, 0.15) is 44.4 Å². The second kappa shape index (κ2) is 8.44. The van der Waals surface area contributed by atoms with Crippen molar-refractivity contribution >= 4 is 27.3 Å². The van der Waals surface area contributed by atoms with Crippen molar-refractivity contribution in [2.24, 2.45) is 5.92 Å². The fraction of sp³-hybridized carbons (Fsp3) is 0.500. The molecular formula is C26H35N3O3S. The SMILES string of the molecule is Cc1ccc(C)c(N2CCN(S(=O)(=O)c3ccc4c(c3)C(C)(C)CN4C(=O)C(C)C)CC2)c1. The number of anilines is 2. The summed E-state index contributed by atoms with van der Waals surface area (Å²) < 4.78 is 28.6. The summed E-state index contributed by atoms with van der Waals surface area (Å²) in [4.78, 5) is 17.1. The Morgan fingerprint density at radius 2 is 1.61 bits per heavy atom. The maximum Gasteiger partial charge on any atom is 0.243 e. The number of amides is 1. The van der Waals surface area contributed by atoms with Crippen LogP contribution >= 0.6 is 0 Å². The fourth-order valence-electron chi connectivity index (χ4n) is 4.91. The van der Waals surface area contributed by atoms with Crippen LogP contribution in [0.5, 0.6) is 0 Å². The van der Waals surface area contributed by atoms with Crippen molar-refractivity contribution in [3.63, 3.8) is 0 Å². The van der Waals surface area contributed by atoms with Crippen LogP contribution in [0.2, 0.25) is 0 Å². The highest BCUT2D eigenvalue weighted by Gasteiger charge is 2.40.